The molecule has 5 heteroatoms. The third-order valence-electron chi connectivity index (χ3n) is 3.17. The second kappa shape index (κ2) is 6.41. The number of para-hydroxylation sites is 2. The number of nitrogens with zero attached hydrogens (tertiary/aromatic N) is 1. The molecule has 0 saturated heterocycles. The largest absolute Gasteiger partial charge is 0.495 e. The second-order valence-electron chi connectivity index (χ2n) is 4.55. The van der Waals surface area contributed by atoms with Crippen LogP contribution in [0.2, 0.25) is 0 Å². The molecule has 2 aromatic carbocycles. The van der Waals surface area contributed by atoms with E-state index in [1.165, 1.54) is 11.3 Å². The summed E-state index contributed by atoms with van der Waals surface area (Å²) >= 11 is 1.45. The van der Waals surface area contributed by atoms with Gasteiger partial charge in [0.05, 0.1) is 23.2 Å². The molecule has 110 valence electrons. The number of anilines is 1. The Kier molecular flexibility index (Phi) is 4.16. The molecule has 0 aliphatic rings. The molecule has 22 heavy (non-hydrogen) atoms. The fourth-order valence-corrected chi connectivity index (χ4v) is 2.92. The van der Waals surface area contributed by atoms with Crippen molar-refractivity contribution >= 4 is 22.9 Å². The highest BCUT2D eigenvalue weighted by atomic mass is 32.1. The molecule has 0 radical (unpaired) electrons. The minimum absolute atomic E-state index is 0.246. The zero-order chi connectivity index (χ0) is 15.4. The number of rotatable bonds is 4. The van der Waals surface area contributed by atoms with Gasteiger partial charge in [-0.15, -0.1) is 11.3 Å². The number of amides is 1. The predicted octanol–water partition coefficient (Wildman–Crippen LogP) is 4.07. The average Bonchev–Trinajstić information content (AvgIpc) is 3.06. The van der Waals surface area contributed by atoms with E-state index in [2.05, 4.69) is 10.3 Å². The number of carbonyl (C=O) groups is 1. The molecule has 0 bridgehead atoms. The number of benzene rings is 2. The summed E-state index contributed by atoms with van der Waals surface area (Å²) in [5, 5.41) is 2.85. The number of aromatic nitrogens is 1. The Hall–Kier alpha value is -2.66. The highest BCUT2D eigenvalue weighted by Crippen LogP contribution is 2.29. The molecule has 4 nitrogen and oxygen atoms in total. The molecule has 0 aliphatic carbocycles. The SMILES string of the molecule is COc1ccccc1NC(=O)c1ncsc1-c1ccccc1. The molecule has 0 spiro atoms. The van der Waals surface area contributed by atoms with E-state index in [1.807, 2.05) is 42.5 Å². The highest BCUT2D eigenvalue weighted by molar-refractivity contribution is 7.13. The lowest BCUT2D eigenvalue weighted by molar-refractivity contribution is 0.102. The van der Waals surface area contributed by atoms with E-state index in [0.29, 0.717) is 17.1 Å². The molecule has 1 aromatic heterocycles. The molecular weight excluding hydrogens is 296 g/mol. The molecule has 0 aliphatic heterocycles. The Morgan fingerprint density at radius 2 is 1.82 bits per heavy atom. The smallest absolute Gasteiger partial charge is 0.275 e. The average molecular weight is 310 g/mol. The molecule has 3 rings (SSSR count). The monoisotopic (exact) mass is 310 g/mol. The molecule has 0 unspecified atom stereocenters. The van der Waals surface area contributed by atoms with Crippen LogP contribution in [0.1, 0.15) is 10.5 Å². The minimum atomic E-state index is -0.246. The van der Waals surface area contributed by atoms with E-state index in [4.69, 9.17) is 4.74 Å². The van der Waals surface area contributed by atoms with Crippen LogP contribution in [0.3, 0.4) is 0 Å². The van der Waals surface area contributed by atoms with E-state index < -0.39 is 0 Å². The van der Waals surface area contributed by atoms with Crippen molar-refractivity contribution in [2.24, 2.45) is 0 Å². The van der Waals surface area contributed by atoms with Crippen molar-refractivity contribution in [3.8, 4) is 16.2 Å². The van der Waals surface area contributed by atoms with Crippen LogP contribution >= 0.6 is 11.3 Å². The Balaban J connectivity index is 1.90. The van der Waals surface area contributed by atoms with Gasteiger partial charge in [0.1, 0.15) is 11.4 Å². The van der Waals surface area contributed by atoms with Gasteiger partial charge in [-0.2, -0.15) is 0 Å². The van der Waals surface area contributed by atoms with Crippen molar-refractivity contribution in [1.82, 2.24) is 4.98 Å². The van der Waals surface area contributed by atoms with Gasteiger partial charge >= 0.3 is 0 Å². The van der Waals surface area contributed by atoms with Crippen LogP contribution in [0.15, 0.2) is 60.1 Å². The van der Waals surface area contributed by atoms with Crippen molar-refractivity contribution in [2.45, 2.75) is 0 Å². The molecule has 1 heterocycles. The van der Waals surface area contributed by atoms with Crippen LogP contribution in [-0.2, 0) is 0 Å². The lowest BCUT2D eigenvalue weighted by atomic mass is 10.1. The normalized spacial score (nSPS) is 10.2. The van der Waals surface area contributed by atoms with Crippen molar-refractivity contribution in [2.75, 3.05) is 12.4 Å². The lowest BCUT2D eigenvalue weighted by Gasteiger charge is -2.09. The van der Waals surface area contributed by atoms with Crippen molar-refractivity contribution in [3.05, 3.63) is 65.8 Å². The third-order valence-corrected chi connectivity index (χ3v) is 4.05. The van der Waals surface area contributed by atoms with Crippen LogP contribution in [0.5, 0.6) is 5.75 Å². The number of methoxy groups -OCH3 is 1. The van der Waals surface area contributed by atoms with Crippen molar-refractivity contribution in [1.29, 1.82) is 0 Å². The number of hydrogen-bond acceptors (Lipinski definition) is 4. The Labute approximate surface area is 132 Å². The summed E-state index contributed by atoms with van der Waals surface area (Å²) in [6.07, 6.45) is 0. The fourth-order valence-electron chi connectivity index (χ4n) is 2.13. The van der Waals surface area contributed by atoms with Crippen molar-refractivity contribution in [3.63, 3.8) is 0 Å². The zero-order valence-corrected chi connectivity index (χ0v) is 12.8. The summed E-state index contributed by atoms with van der Waals surface area (Å²) in [4.78, 5) is 17.6. The Bertz CT molecular complexity index is 784. The van der Waals surface area contributed by atoms with Crippen LogP contribution < -0.4 is 10.1 Å². The summed E-state index contributed by atoms with van der Waals surface area (Å²) < 4.78 is 5.25. The van der Waals surface area contributed by atoms with E-state index >= 15 is 0 Å². The number of nitrogens with one attached hydrogen (secondary N) is 1. The van der Waals surface area contributed by atoms with Crippen LogP contribution in [0.4, 0.5) is 5.69 Å². The van der Waals surface area contributed by atoms with Crippen LogP contribution in [0, 0.1) is 0 Å². The molecule has 0 saturated carbocycles. The molecule has 0 atom stereocenters. The van der Waals surface area contributed by atoms with Gasteiger partial charge in [0.15, 0.2) is 0 Å². The maximum absolute atomic E-state index is 12.5. The summed E-state index contributed by atoms with van der Waals surface area (Å²) in [6, 6.07) is 17.1. The maximum Gasteiger partial charge on any atom is 0.275 e. The van der Waals surface area contributed by atoms with E-state index in [0.717, 1.165) is 10.4 Å². The molecule has 1 N–H and O–H groups in total. The topological polar surface area (TPSA) is 51.2 Å². The van der Waals surface area contributed by atoms with Gasteiger partial charge in [-0.3, -0.25) is 4.79 Å². The Morgan fingerprint density at radius 1 is 1.09 bits per heavy atom. The van der Waals surface area contributed by atoms with Gasteiger partial charge in [0.2, 0.25) is 0 Å². The molecular formula is C17H14N2O2S. The number of ether oxygens (including phenoxy) is 1. The number of carbonyl (C=O) groups excluding carboxylic acids is 1. The van der Waals surface area contributed by atoms with E-state index in [-0.39, 0.29) is 5.91 Å². The summed E-state index contributed by atoms with van der Waals surface area (Å²) in [7, 11) is 1.57. The summed E-state index contributed by atoms with van der Waals surface area (Å²) in [5.41, 5.74) is 3.71. The first kappa shape index (κ1) is 14.3. The summed E-state index contributed by atoms with van der Waals surface area (Å²) in [6.45, 7) is 0. The molecule has 0 fully saturated rings. The summed E-state index contributed by atoms with van der Waals surface area (Å²) in [5.74, 6) is 0.372. The minimum Gasteiger partial charge on any atom is -0.495 e. The van der Waals surface area contributed by atoms with Gasteiger partial charge in [-0.25, -0.2) is 4.98 Å². The quantitative estimate of drug-likeness (QED) is 0.790. The highest BCUT2D eigenvalue weighted by Gasteiger charge is 2.17. The van der Waals surface area contributed by atoms with Gasteiger partial charge in [-0.05, 0) is 17.7 Å². The first-order valence-electron chi connectivity index (χ1n) is 6.73. The van der Waals surface area contributed by atoms with Crippen molar-refractivity contribution < 1.29 is 9.53 Å². The van der Waals surface area contributed by atoms with Crippen LogP contribution in [-0.4, -0.2) is 18.0 Å². The second-order valence-corrected chi connectivity index (χ2v) is 5.41. The van der Waals surface area contributed by atoms with Crippen LogP contribution in [0.25, 0.3) is 10.4 Å². The van der Waals surface area contributed by atoms with E-state index in [1.54, 1.807) is 24.8 Å². The predicted molar refractivity (Wildman–Crippen MR) is 88.5 cm³/mol. The first-order chi connectivity index (χ1) is 10.8. The van der Waals surface area contributed by atoms with Gasteiger partial charge in [-0.1, -0.05) is 42.5 Å². The Morgan fingerprint density at radius 3 is 2.59 bits per heavy atom. The van der Waals surface area contributed by atoms with Gasteiger partial charge in [0.25, 0.3) is 5.91 Å². The standard InChI is InChI=1S/C17H14N2O2S/c1-21-14-10-6-5-9-13(14)19-17(20)15-16(22-11-18-15)12-7-3-2-4-8-12/h2-11H,1H3,(H,19,20). The third kappa shape index (κ3) is 2.84. The molecule has 3 aromatic rings. The first-order valence-corrected chi connectivity index (χ1v) is 7.61. The zero-order valence-electron chi connectivity index (χ0n) is 11.9. The van der Waals surface area contributed by atoms with E-state index in [9.17, 15) is 4.79 Å². The van der Waals surface area contributed by atoms with Gasteiger partial charge < -0.3 is 10.1 Å². The van der Waals surface area contributed by atoms with Gasteiger partial charge in [0, 0.05) is 0 Å². The maximum atomic E-state index is 12.5. The lowest BCUT2D eigenvalue weighted by Crippen LogP contribution is -2.13. The number of thiazole rings is 1. The molecule has 1 amide bonds. The number of hydrogen-bond donors (Lipinski definition) is 1. The fraction of sp³-hybridized carbons (Fsp3) is 0.0588.